The molecule has 0 aromatic carbocycles. The van der Waals surface area contributed by atoms with Crippen LogP contribution in [0.5, 0.6) is 5.75 Å². The number of carbonyl (C=O) groups is 1. The Labute approximate surface area is 136 Å². The number of hydrogen-bond donors (Lipinski definition) is 1. The van der Waals surface area contributed by atoms with Gasteiger partial charge in [-0.05, 0) is 31.5 Å². The molecule has 0 saturated carbocycles. The van der Waals surface area contributed by atoms with Gasteiger partial charge in [-0.1, -0.05) is 0 Å². The zero-order valence-corrected chi connectivity index (χ0v) is 13.4. The highest BCUT2D eigenvalue weighted by atomic mass is 16.5. The molecule has 0 bridgehead atoms. The molecule has 23 heavy (non-hydrogen) atoms. The summed E-state index contributed by atoms with van der Waals surface area (Å²) in [5.74, 6) is 0.322. The Morgan fingerprint density at radius 3 is 2.83 bits per heavy atom. The van der Waals surface area contributed by atoms with Crippen LogP contribution in [0.2, 0.25) is 0 Å². The number of rotatable bonds is 8. The normalized spacial score (nSPS) is 14.7. The number of nitrogens with zero attached hydrogens (tertiary/aromatic N) is 2. The van der Waals surface area contributed by atoms with E-state index in [-0.39, 0.29) is 30.2 Å². The number of unbranched alkanes of at least 4 members (excludes halogenated alkanes) is 1. The third kappa shape index (κ3) is 5.37. The molecular weight excluding hydrogens is 298 g/mol. The second kappa shape index (κ2) is 9.32. The van der Waals surface area contributed by atoms with Gasteiger partial charge < -0.3 is 24.7 Å². The van der Waals surface area contributed by atoms with Crippen molar-refractivity contribution in [3.63, 3.8) is 0 Å². The van der Waals surface area contributed by atoms with E-state index in [4.69, 9.17) is 15.2 Å². The van der Waals surface area contributed by atoms with Gasteiger partial charge in [-0.3, -0.25) is 9.59 Å². The van der Waals surface area contributed by atoms with E-state index in [9.17, 15) is 9.59 Å². The van der Waals surface area contributed by atoms with Crippen LogP contribution in [0, 0.1) is 0 Å². The maximum absolute atomic E-state index is 12.2. The Hall–Kier alpha value is -1.86. The fraction of sp³-hybridized carbons (Fsp3) is 0.625. The van der Waals surface area contributed by atoms with Gasteiger partial charge in [0.25, 0.3) is 5.56 Å². The maximum Gasteiger partial charge on any atom is 0.292 e. The monoisotopic (exact) mass is 323 g/mol. The fourth-order valence-corrected chi connectivity index (χ4v) is 2.45. The summed E-state index contributed by atoms with van der Waals surface area (Å²) in [6, 6.07) is 3.42. The minimum absolute atomic E-state index is 0.0347. The third-order valence-electron chi connectivity index (χ3n) is 3.78. The van der Waals surface area contributed by atoms with E-state index in [1.807, 2.05) is 0 Å². The van der Waals surface area contributed by atoms with Crippen molar-refractivity contribution in [3.8, 4) is 5.75 Å². The molecule has 1 fully saturated rings. The quantitative estimate of drug-likeness (QED) is 0.691. The van der Waals surface area contributed by atoms with Crippen LogP contribution in [0.15, 0.2) is 23.1 Å². The van der Waals surface area contributed by atoms with Gasteiger partial charge >= 0.3 is 0 Å². The van der Waals surface area contributed by atoms with Crippen LogP contribution in [0.1, 0.15) is 19.3 Å². The smallest absolute Gasteiger partial charge is 0.292 e. The molecule has 1 saturated heterocycles. The van der Waals surface area contributed by atoms with Crippen molar-refractivity contribution in [1.29, 1.82) is 0 Å². The van der Waals surface area contributed by atoms with Crippen LogP contribution in [-0.2, 0) is 16.1 Å². The molecule has 128 valence electrons. The van der Waals surface area contributed by atoms with E-state index in [1.54, 1.807) is 27.8 Å². The van der Waals surface area contributed by atoms with Gasteiger partial charge in [0.1, 0.15) is 0 Å². The molecule has 1 aliphatic rings. The SMILES string of the molecule is NCCCCn1cccc(OCCC(=O)N2CCOCC2)c1=O. The van der Waals surface area contributed by atoms with Crippen molar-refractivity contribution in [1.82, 2.24) is 9.47 Å². The van der Waals surface area contributed by atoms with E-state index in [0.717, 1.165) is 12.8 Å². The summed E-state index contributed by atoms with van der Waals surface area (Å²) in [4.78, 5) is 26.0. The summed E-state index contributed by atoms with van der Waals surface area (Å²) < 4.78 is 12.3. The highest BCUT2D eigenvalue weighted by molar-refractivity contribution is 5.76. The Morgan fingerprint density at radius 1 is 1.30 bits per heavy atom. The Kier molecular flexibility index (Phi) is 7.09. The first-order chi connectivity index (χ1) is 11.2. The number of aryl methyl sites for hydroxylation is 1. The lowest BCUT2D eigenvalue weighted by Crippen LogP contribution is -2.41. The van der Waals surface area contributed by atoms with Gasteiger partial charge in [-0.2, -0.15) is 0 Å². The molecule has 1 aromatic rings. The van der Waals surface area contributed by atoms with Crippen LogP contribution < -0.4 is 16.0 Å². The van der Waals surface area contributed by atoms with Gasteiger partial charge in [0.2, 0.25) is 5.91 Å². The van der Waals surface area contributed by atoms with Crippen molar-refractivity contribution in [2.75, 3.05) is 39.5 Å². The molecule has 7 nitrogen and oxygen atoms in total. The molecule has 0 atom stereocenters. The van der Waals surface area contributed by atoms with Crippen LogP contribution >= 0.6 is 0 Å². The number of ether oxygens (including phenoxy) is 2. The summed E-state index contributed by atoms with van der Waals surface area (Å²) in [5.41, 5.74) is 5.30. The summed E-state index contributed by atoms with van der Waals surface area (Å²) in [6.07, 6.45) is 3.74. The molecule has 2 N–H and O–H groups in total. The predicted molar refractivity (Wildman–Crippen MR) is 86.5 cm³/mol. The fourth-order valence-electron chi connectivity index (χ4n) is 2.45. The molecule has 0 spiro atoms. The average Bonchev–Trinajstić information content (AvgIpc) is 2.58. The van der Waals surface area contributed by atoms with E-state index in [1.165, 1.54) is 0 Å². The van der Waals surface area contributed by atoms with Crippen molar-refractivity contribution < 1.29 is 14.3 Å². The summed E-state index contributed by atoms with van der Waals surface area (Å²) in [7, 11) is 0. The molecule has 7 heteroatoms. The van der Waals surface area contributed by atoms with E-state index in [2.05, 4.69) is 0 Å². The molecule has 1 aliphatic heterocycles. The number of amides is 1. The number of pyridine rings is 1. The molecule has 2 rings (SSSR count). The molecule has 2 heterocycles. The molecule has 0 aliphatic carbocycles. The first-order valence-corrected chi connectivity index (χ1v) is 8.10. The lowest BCUT2D eigenvalue weighted by atomic mass is 10.3. The topological polar surface area (TPSA) is 86.8 Å². The molecule has 1 aromatic heterocycles. The highest BCUT2D eigenvalue weighted by Gasteiger charge is 2.16. The van der Waals surface area contributed by atoms with Gasteiger partial charge in [-0.25, -0.2) is 0 Å². The number of carbonyl (C=O) groups excluding carboxylic acids is 1. The molecule has 1 amide bonds. The Bertz CT molecular complexity index is 553. The Morgan fingerprint density at radius 2 is 2.09 bits per heavy atom. The van der Waals surface area contributed by atoms with Gasteiger partial charge in [0.15, 0.2) is 5.75 Å². The first kappa shape index (κ1) is 17.5. The summed E-state index contributed by atoms with van der Waals surface area (Å²) in [5, 5.41) is 0. The van der Waals surface area contributed by atoms with Crippen molar-refractivity contribution in [3.05, 3.63) is 28.7 Å². The lowest BCUT2D eigenvalue weighted by Gasteiger charge is -2.26. The van der Waals surface area contributed by atoms with Crippen LogP contribution in [-0.4, -0.2) is 54.8 Å². The number of hydrogen-bond acceptors (Lipinski definition) is 5. The zero-order valence-electron chi connectivity index (χ0n) is 13.4. The predicted octanol–water partition coefficient (Wildman–Crippen LogP) is 0.215. The molecular formula is C16H25N3O4. The van der Waals surface area contributed by atoms with Gasteiger partial charge in [0, 0.05) is 25.8 Å². The lowest BCUT2D eigenvalue weighted by molar-refractivity contribution is -0.135. The van der Waals surface area contributed by atoms with Crippen molar-refractivity contribution in [2.24, 2.45) is 5.73 Å². The Balaban J connectivity index is 1.82. The van der Waals surface area contributed by atoms with Crippen LogP contribution in [0.3, 0.4) is 0 Å². The summed E-state index contributed by atoms with van der Waals surface area (Å²) >= 11 is 0. The van der Waals surface area contributed by atoms with E-state index < -0.39 is 0 Å². The second-order valence-corrected chi connectivity index (χ2v) is 5.46. The zero-order chi connectivity index (χ0) is 16.5. The van der Waals surface area contributed by atoms with Crippen molar-refractivity contribution >= 4 is 5.91 Å². The average molecular weight is 323 g/mol. The standard InChI is InChI=1S/C16H25N3O4/c17-6-1-2-7-19-8-3-4-14(16(19)21)23-11-5-15(20)18-9-12-22-13-10-18/h3-4,8H,1-2,5-7,9-13,17H2. The third-order valence-corrected chi connectivity index (χ3v) is 3.78. The van der Waals surface area contributed by atoms with E-state index >= 15 is 0 Å². The van der Waals surface area contributed by atoms with Crippen LogP contribution in [0.4, 0.5) is 0 Å². The largest absolute Gasteiger partial charge is 0.487 e. The molecule has 0 radical (unpaired) electrons. The number of nitrogens with two attached hydrogens (primary N) is 1. The summed E-state index contributed by atoms with van der Waals surface area (Å²) in [6.45, 7) is 3.86. The number of morpholine rings is 1. The first-order valence-electron chi connectivity index (χ1n) is 8.10. The van der Waals surface area contributed by atoms with Crippen molar-refractivity contribution in [2.45, 2.75) is 25.8 Å². The highest BCUT2D eigenvalue weighted by Crippen LogP contribution is 2.05. The van der Waals surface area contributed by atoms with Gasteiger partial charge in [-0.15, -0.1) is 0 Å². The maximum atomic E-state index is 12.2. The molecule has 0 unspecified atom stereocenters. The van der Waals surface area contributed by atoms with Crippen LogP contribution in [0.25, 0.3) is 0 Å². The number of aromatic nitrogens is 1. The second-order valence-electron chi connectivity index (χ2n) is 5.46. The minimum atomic E-state index is -0.164. The van der Waals surface area contributed by atoms with Gasteiger partial charge in [0.05, 0.1) is 26.2 Å². The minimum Gasteiger partial charge on any atom is -0.487 e. The van der Waals surface area contributed by atoms with E-state index in [0.29, 0.717) is 39.4 Å².